The number of nitrogens with zero attached hydrogens (tertiary/aromatic N) is 2. The summed E-state index contributed by atoms with van der Waals surface area (Å²) in [5.41, 5.74) is 6.15. The van der Waals surface area contributed by atoms with Gasteiger partial charge in [0.15, 0.2) is 0 Å². The summed E-state index contributed by atoms with van der Waals surface area (Å²) in [6.07, 6.45) is 1.97. The van der Waals surface area contributed by atoms with Crippen molar-refractivity contribution in [3.63, 3.8) is 0 Å². The first-order valence-corrected chi connectivity index (χ1v) is 6.96. The van der Waals surface area contributed by atoms with Crippen molar-refractivity contribution < 1.29 is 9.59 Å². The number of hydrogen-bond acceptors (Lipinski definition) is 3. The van der Waals surface area contributed by atoms with E-state index in [9.17, 15) is 9.59 Å². The van der Waals surface area contributed by atoms with Gasteiger partial charge in [-0.05, 0) is 18.3 Å². The zero-order valence-corrected chi connectivity index (χ0v) is 12.6. The molecule has 2 N–H and O–H groups in total. The second-order valence-corrected chi connectivity index (χ2v) is 6.71. The smallest absolute Gasteiger partial charge is 0.241 e. The fourth-order valence-corrected chi connectivity index (χ4v) is 2.41. The Morgan fingerprint density at radius 3 is 2.58 bits per heavy atom. The van der Waals surface area contributed by atoms with Gasteiger partial charge in [-0.2, -0.15) is 0 Å². The average Bonchev–Trinajstić information content (AvgIpc) is 2.39. The monoisotopic (exact) mass is 269 g/mol. The number of amides is 2. The first-order chi connectivity index (χ1) is 8.69. The molecule has 1 aliphatic rings. The minimum absolute atomic E-state index is 0.000370. The lowest BCUT2D eigenvalue weighted by Crippen LogP contribution is -2.41. The van der Waals surface area contributed by atoms with Crippen LogP contribution < -0.4 is 5.73 Å². The highest BCUT2D eigenvalue weighted by Gasteiger charge is 2.25. The molecule has 1 aliphatic heterocycles. The predicted octanol–water partition coefficient (Wildman–Crippen LogP) is 0.831. The van der Waals surface area contributed by atoms with Gasteiger partial charge in [0, 0.05) is 32.6 Å². The Labute approximate surface area is 116 Å². The van der Waals surface area contributed by atoms with E-state index in [-0.39, 0.29) is 29.8 Å². The van der Waals surface area contributed by atoms with E-state index in [1.807, 2.05) is 0 Å². The highest BCUT2D eigenvalue weighted by atomic mass is 16.2. The summed E-state index contributed by atoms with van der Waals surface area (Å²) >= 11 is 0. The molecule has 1 rings (SSSR count). The number of carbonyl (C=O) groups is 2. The summed E-state index contributed by atoms with van der Waals surface area (Å²) in [7, 11) is 1.78. The van der Waals surface area contributed by atoms with Crippen LogP contribution >= 0.6 is 0 Å². The molecule has 0 aromatic rings. The van der Waals surface area contributed by atoms with Gasteiger partial charge >= 0.3 is 0 Å². The lowest BCUT2D eigenvalue weighted by molar-refractivity contribution is -0.138. The Morgan fingerprint density at radius 1 is 1.37 bits per heavy atom. The fraction of sp³-hybridized carbons (Fsp3) is 0.857. The first-order valence-electron chi connectivity index (χ1n) is 6.96. The number of nitrogens with two attached hydrogens (primary N) is 1. The van der Waals surface area contributed by atoms with Crippen molar-refractivity contribution in [3.05, 3.63) is 0 Å². The molecule has 0 radical (unpaired) electrons. The molecule has 110 valence electrons. The highest BCUT2D eigenvalue weighted by molar-refractivity contribution is 5.85. The lowest BCUT2D eigenvalue weighted by Gasteiger charge is -2.25. The van der Waals surface area contributed by atoms with E-state index in [2.05, 4.69) is 20.8 Å². The maximum absolute atomic E-state index is 12.2. The molecule has 1 atom stereocenters. The fourth-order valence-electron chi connectivity index (χ4n) is 2.41. The summed E-state index contributed by atoms with van der Waals surface area (Å²) in [4.78, 5) is 27.2. The zero-order chi connectivity index (χ0) is 14.6. The van der Waals surface area contributed by atoms with E-state index in [1.165, 1.54) is 0 Å². The van der Waals surface area contributed by atoms with Gasteiger partial charge < -0.3 is 15.5 Å². The number of hydrogen-bond donors (Lipinski definition) is 1. The summed E-state index contributed by atoms with van der Waals surface area (Å²) in [6.45, 7) is 7.90. The minimum atomic E-state index is -0.136. The van der Waals surface area contributed by atoms with Crippen LogP contribution in [0.5, 0.6) is 0 Å². The van der Waals surface area contributed by atoms with Crippen molar-refractivity contribution >= 4 is 11.8 Å². The van der Waals surface area contributed by atoms with Gasteiger partial charge in [0.05, 0.1) is 6.54 Å². The summed E-state index contributed by atoms with van der Waals surface area (Å²) in [6, 6.07) is -0.136. The third kappa shape index (κ3) is 5.59. The summed E-state index contributed by atoms with van der Waals surface area (Å²) < 4.78 is 0. The molecule has 1 heterocycles. The topological polar surface area (TPSA) is 66.6 Å². The normalized spacial score (nSPS) is 19.3. The number of carbonyl (C=O) groups excluding carboxylic acids is 2. The molecule has 0 saturated carbocycles. The Hall–Kier alpha value is -1.10. The Bertz CT molecular complexity index is 336. The van der Waals surface area contributed by atoms with Gasteiger partial charge in [-0.1, -0.05) is 20.8 Å². The third-order valence-electron chi connectivity index (χ3n) is 3.34. The molecule has 0 aromatic heterocycles. The van der Waals surface area contributed by atoms with E-state index in [1.54, 1.807) is 16.8 Å². The molecule has 1 saturated heterocycles. The van der Waals surface area contributed by atoms with Crippen molar-refractivity contribution in [1.82, 2.24) is 9.80 Å². The van der Waals surface area contributed by atoms with Crippen molar-refractivity contribution in [2.24, 2.45) is 11.1 Å². The van der Waals surface area contributed by atoms with Crippen LogP contribution in [-0.4, -0.2) is 54.3 Å². The van der Waals surface area contributed by atoms with Gasteiger partial charge in [0.1, 0.15) is 0 Å². The van der Waals surface area contributed by atoms with Crippen LogP contribution in [0.2, 0.25) is 0 Å². The molecule has 19 heavy (non-hydrogen) atoms. The first kappa shape index (κ1) is 16.0. The van der Waals surface area contributed by atoms with Gasteiger partial charge in [0.2, 0.25) is 11.8 Å². The van der Waals surface area contributed by atoms with Crippen molar-refractivity contribution in [2.45, 2.75) is 46.1 Å². The summed E-state index contributed by atoms with van der Waals surface area (Å²) in [5.74, 6) is 0.00985. The molecule has 0 aliphatic carbocycles. The Morgan fingerprint density at radius 2 is 2.00 bits per heavy atom. The molecule has 0 spiro atoms. The van der Waals surface area contributed by atoms with Crippen molar-refractivity contribution in [2.75, 3.05) is 26.7 Å². The molecule has 0 bridgehead atoms. The molecular weight excluding hydrogens is 242 g/mol. The van der Waals surface area contributed by atoms with Crippen molar-refractivity contribution in [3.8, 4) is 0 Å². The quantitative estimate of drug-likeness (QED) is 0.825. The van der Waals surface area contributed by atoms with E-state index in [0.29, 0.717) is 13.0 Å². The van der Waals surface area contributed by atoms with Crippen LogP contribution in [0.3, 0.4) is 0 Å². The van der Waals surface area contributed by atoms with Gasteiger partial charge in [0.25, 0.3) is 0 Å². The van der Waals surface area contributed by atoms with Gasteiger partial charge in [-0.15, -0.1) is 0 Å². The molecule has 1 unspecified atom stereocenters. The lowest BCUT2D eigenvalue weighted by atomic mass is 9.87. The average molecular weight is 269 g/mol. The molecule has 5 heteroatoms. The van der Waals surface area contributed by atoms with Gasteiger partial charge in [-0.3, -0.25) is 9.59 Å². The van der Waals surface area contributed by atoms with E-state index in [4.69, 9.17) is 5.73 Å². The predicted molar refractivity (Wildman–Crippen MR) is 75.5 cm³/mol. The second kappa shape index (κ2) is 6.37. The molecular formula is C14H27N3O2. The van der Waals surface area contributed by atoms with Crippen molar-refractivity contribution in [1.29, 1.82) is 0 Å². The van der Waals surface area contributed by atoms with Crippen LogP contribution in [0.1, 0.15) is 40.0 Å². The SMILES string of the molecule is CN1CCCN(C(=O)CC(N)CC(C)(C)C)CC1=O. The molecule has 2 amide bonds. The van der Waals surface area contributed by atoms with E-state index < -0.39 is 0 Å². The molecule has 0 aromatic carbocycles. The third-order valence-corrected chi connectivity index (χ3v) is 3.34. The highest BCUT2D eigenvalue weighted by Crippen LogP contribution is 2.21. The molecule has 1 fully saturated rings. The minimum Gasteiger partial charge on any atom is -0.344 e. The van der Waals surface area contributed by atoms with Gasteiger partial charge in [-0.25, -0.2) is 0 Å². The standard InChI is InChI=1S/C14H27N3O2/c1-14(2,3)9-11(15)8-12(18)17-7-5-6-16(4)13(19)10-17/h11H,5-10,15H2,1-4H3. The number of rotatable bonds is 3. The van der Waals surface area contributed by atoms with Crippen LogP contribution in [0.15, 0.2) is 0 Å². The zero-order valence-electron chi connectivity index (χ0n) is 12.6. The summed E-state index contributed by atoms with van der Waals surface area (Å²) in [5, 5.41) is 0. The Kier molecular flexibility index (Phi) is 5.35. The van der Waals surface area contributed by atoms with E-state index in [0.717, 1.165) is 19.4 Å². The van der Waals surface area contributed by atoms with E-state index >= 15 is 0 Å². The van der Waals surface area contributed by atoms with Crippen LogP contribution in [0.4, 0.5) is 0 Å². The van der Waals surface area contributed by atoms with Crippen LogP contribution in [0, 0.1) is 5.41 Å². The van der Waals surface area contributed by atoms with Crippen LogP contribution in [-0.2, 0) is 9.59 Å². The maximum atomic E-state index is 12.2. The molecule has 5 nitrogen and oxygen atoms in total. The van der Waals surface area contributed by atoms with Crippen LogP contribution in [0.25, 0.3) is 0 Å². The number of likely N-dealkylation sites (N-methyl/N-ethyl adjacent to an activating group) is 1. The second-order valence-electron chi connectivity index (χ2n) is 6.71. The largest absolute Gasteiger partial charge is 0.344 e. The maximum Gasteiger partial charge on any atom is 0.241 e. The Balaban J connectivity index is 2.51.